The van der Waals surface area contributed by atoms with Gasteiger partial charge in [-0.15, -0.1) is 12.4 Å². The summed E-state index contributed by atoms with van der Waals surface area (Å²) in [5, 5.41) is 0. The van der Waals surface area contributed by atoms with Gasteiger partial charge in [0.25, 0.3) is 5.91 Å². The van der Waals surface area contributed by atoms with Crippen LogP contribution in [0.3, 0.4) is 0 Å². The molecule has 1 aromatic carbocycles. The Morgan fingerprint density at radius 2 is 2.04 bits per heavy atom. The number of benzene rings is 1. The maximum Gasteiger partial charge on any atom is 0.251 e. The zero-order chi connectivity index (χ0) is 16.8. The Balaban J connectivity index is 0.00000288. The van der Waals surface area contributed by atoms with Crippen LogP contribution in [0.1, 0.15) is 32.3 Å². The van der Waals surface area contributed by atoms with Crippen LogP contribution >= 0.6 is 12.4 Å². The average Bonchev–Trinajstić information content (AvgIpc) is 3.05. The number of nitrogens with zero attached hydrogens (tertiary/aromatic N) is 1. The minimum Gasteiger partial charge on any atom is -0.497 e. The first-order valence-corrected chi connectivity index (χ1v) is 8.38. The number of methoxy groups -OCH3 is 1. The molecule has 0 aromatic heterocycles. The van der Waals surface area contributed by atoms with Gasteiger partial charge in [0.05, 0.1) is 13.2 Å². The number of ether oxygens (including phenoxy) is 2. The van der Waals surface area contributed by atoms with E-state index in [0.29, 0.717) is 13.1 Å². The molecule has 0 spiro atoms. The monoisotopic (exact) mass is 356 g/mol. The molecule has 3 atom stereocenters. The molecular weight excluding hydrogens is 328 g/mol. The highest BCUT2D eigenvalue weighted by Gasteiger charge is 2.33. The van der Waals surface area contributed by atoms with Crippen LogP contribution in [0.2, 0.25) is 0 Å². The van der Waals surface area contributed by atoms with Gasteiger partial charge in [-0.05, 0) is 50.8 Å². The minimum absolute atomic E-state index is 0. The van der Waals surface area contributed by atoms with Crippen LogP contribution in [0, 0.1) is 0 Å². The number of hydrogen-bond acceptors (Lipinski definition) is 4. The summed E-state index contributed by atoms with van der Waals surface area (Å²) in [5.74, 6) is 0.932. The molecule has 0 bridgehead atoms. The standard InChI is InChI=1S/C18H28N2O3.ClH/c1-4-20(18(21)17-10-9-16(12-19)23-17)13(2)11-14-5-7-15(22-3)8-6-14;/h5-8,13,16-17H,4,9-12,19H2,1-3H3;1H/t13?,16-,17+;/m1./s1. The summed E-state index contributed by atoms with van der Waals surface area (Å²) in [6.45, 7) is 5.26. The highest BCUT2D eigenvalue weighted by atomic mass is 35.5. The van der Waals surface area contributed by atoms with Crippen LogP contribution in [0.5, 0.6) is 5.75 Å². The SMILES string of the molecule is CCN(C(=O)[C@@H]1CC[C@H](CN)O1)C(C)Cc1ccc(OC)cc1.Cl. The fraction of sp³-hybridized carbons (Fsp3) is 0.611. The summed E-state index contributed by atoms with van der Waals surface area (Å²) >= 11 is 0. The lowest BCUT2D eigenvalue weighted by atomic mass is 10.0. The fourth-order valence-electron chi connectivity index (χ4n) is 3.14. The molecule has 6 heteroatoms. The Hall–Kier alpha value is -1.30. The lowest BCUT2D eigenvalue weighted by Crippen LogP contribution is -2.45. The van der Waals surface area contributed by atoms with Gasteiger partial charge in [-0.2, -0.15) is 0 Å². The molecule has 1 fully saturated rings. The van der Waals surface area contributed by atoms with Crippen molar-refractivity contribution in [3.63, 3.8) is 0 Å². The lowest BCUT2D eigenvalue weighted by molar-refractivity contribution is -0.144. The van der Waals surface area contributed by atoms with Crippen LogP contribution in [0.4, 0.5) is 0 Å². The molecule has 1 heterocycles. The van der Waals surface area contributed by atoms with E-state index in [1.165, 1.54) is 5.56 Å². The van der Waals surface area contributed by atoms with Gasteiger partial charge in [0.15, 0.2) is 0 Å². The molecule has 0 radical (unpaired) electrons. The van der Waals surface area contributed by atoms with Crippen molar-refractivity contribution in [3.05, 3.63) is 29.8 Å². The summed E-state index contributed by atoms with van der Waals surface area (Å²) in [6, 6.07) is 8.12. The number of carbonyl (C=O) groups excluding carboxylic acids is 1. The van der Waals surface area contributed by atoms with E-state index in [1.54, 1.807) is 7.11 Å². The topological polar surface area (TPSA) is 64.8 Å². The largest absolute Gasteiger partial charge is 0.497 e. The Labute approximate surface area is 150 Å². The second kappa shape index (κ2) is 9.87. The first-order valence-electron chi connectivity index (χ1n) is 8.38. The summed E-state index contributed by atoms with van der Waals surface area (Å²) < 4.78 is 10.9. The number of rotatable bonds is 7. The van der Waals surface area contributed by atoms with Crippen LogP contribution in [0.15, 0.2) is 24.3 Å². The molecule has 1 aromatic rings. The van der Waals surface area contributed by atoms with Crippen molar-refractivity contribution in [2.24, 2.45) is 5.73 Å². The molecule has 1 unspecified atom stereocenters. The third-order valence-corrected chi connectivity index (χ3v) is 4.49. The van der Waals surface area contributed by atoms with E-state index in [4.69, 9.17) is 15.2 Å². The predicted octanol–water partition coefficient (Wildman–Crippen LogP) is 2.40. The number of carbonyl (C=O) groups is 1. The first kappa shape index (κ1) is 20.7. The molecule has 1 saturated heterocycles. The van der Waals surface area contributed by atoms with E-state index in [1.807, 2.05) is 36.1 Å². The third kappa shape index (κ3) is 5.10. The Morgan fingerprint density at radius 3 is 2.54 bits per heavy atom. The Kier molecular flexibility index (Phi) is 8.53. The van der Waals surface area contributed by atoms with Crippen molar-refractivity contribution < 1.29 is 14.3 Å². The van der Waals surface area contributed by atoms with Crippen LogP contribution < -0.4 is 10.5 Å². The fourth-order valence-corrected chi connectivity index (χ4v) is 3.14. The Morgan fingerprint density at radius 1 is 1.38 bits per heavy atom. The van der Waals surface area contributed by atoms with Gasteiger partial charge >= 0.3 is 0 Å². The first-order chi connectivity index (χ1) is 11.1. The number of likely N-dealkylation sites (N-methyl/N-ethyl adjacent to an activating group) is 1. The quantitative estimate of drug-likeness (QED) is 0.814. The molecule has 136 valence electrons. The van der Waals surface area contributed by atoms with Gasteiger partial charge in [-0.1, -0.05) is 12.1 Å². The van der Waals surface area contributed by atoms with E-state index in [2.05, 4.69) is 6.92 Å². The molecule has 1 amide bonds. The third-order valence-electron chi connectivity index (χ3n) is 4.49. The smallest absolute Gasteiger partial charge is 0.251 e. The van der Waals surface area contributed by atoms with E-state index in [-0.39, 0.29) is 36.6 Å². The van der Waals surface area contributed by atoms with Crippen molar-refractivity contribution in [3.8, 4) is 5.75 Å². The number of nitrogens with two attached hydrogens (primary N) is 1. The molecule has 24 heavy (non-hydrogen) atoms. The highest BCUT2D eigenvalue weighted by Crippen LogP contribution is 2.22. The predicted molar refractivity (Wildman–Crippen MR) is 97.7 cm³/mol. The Bertz CT molecular complexity index is 509. The average molecular weight is 357 g/mol. The second-order valence-electron chi connectivity index (χ2n) is 6.09. The number of halogens is 1. The van der Waals surface area contributed by atoms with E-state index in [9.17, 15) is 4.79 Å². The summed E-state index contributed by atoms with van der Waals surface area (Å²) in [7, 11) is 1.66. The van der Waals surface area contributed by atoms with Crippen LogP contribution in [0.25, 0.3) is 0 Å². The van der Waals surface area contributed by atoms with Crippen LogP contribution in [-0.2, 0) is 16.0 Å². The van der Waals surface area contributed by atoms with Gasteiger partial charge in [-0.3, -0.25) is 4.79 Å². The van der Waals surface area contributed by atoms with Gasteiger partial charge in [0.1, 0.15) is 11.9 Å². The minimum atomic E-state index is -0.332. The molecule has 1 aliphatic rings. The molecule has 1 aliphatic heterocycles. The second-order valence-corrected chi connectivity index (χ2v) is 6.09. The lowest BCUT2D eigenvalue weighted by Gasteiger charge is -2.30. The van der Waals surface area contributed by atoms with E-state index >= 15 is 0 Å². The summed E-state index contributed by atoms with van der Waals surface area (Å²) in [5.41, 5.74) is 6.82. The summed E-state index contributed by atoms with van der Waals surface area (Å²) in [6.07, 6.45) is 2.15. The summed E-state index contributed by atoms with van der Waals surface area (Å²) in [4.78, 5) is 14.6. The zero-order valence-electron chi connectivity index (χ0n) is 14.7. The van der Waals surface area contributed by atoms with Crippen LogP contribution in [-0.4, -0.2) is 49.3 Å². The van der Waals surface area contributed by atoms with Gasteiger partial charge in [0.2, 0.25) is 0 Å². The molecule has 5 nitrogen and oxygen atoms in total. The molecule has 2 N–H and O–H groups in total. The van der Waals surface area contributed by atoms with Crippen molar-refractivity contribution >= 4 is 18.3 Å². The van der Waals surface area contributed by atoms with E-state index < -0.39 is 0 Å². The van der Waals surface area contributed by atoms with Crippen molar-refractivity contribution in [2.45, 2.75) is 51.4 Å². The molecule has 0 saturated carbocycles. The normalized spacial score (nSPS) is 21.0. The number of hydrogen-bond donors (Lipinski definition) is 1. The maximum atomic E-state index is 12.7. The van der Waals surface area contributed by atoms with Crippen molar-refractivity contribution in [2.75, 3.05) is 20.2 Å². The van der Waals surface area contributed by atoms with Gasteiger partial charge < -0.3 is 20.1 Å². The van der Waals surface area contributed by atoms with Gasteiger partial charge in [-0.25, -0.2) is 0 Å². The number of amides is 1. The van der Waals surface area contributed by atoms with Crippen molar-refractivity contribution in [1.82, 2.24) is 4.90 Å². The molecule has 2 rings (SSSR count). The van der Waals surface area contributed by atoms with Gasteiger partial charge in [0, 0.05) is 19.1 Å². The molecule has 0 aliphatic carbocycles. The maximum absolute atomic E-state index is 12.7. The highest BCUT2D eigenvalue weighted by molar-refractivity contribution is 5.85. The van der Waals surface area contributed by atoms with E-state index in [0.717, 1.165) is 25.0 Å². The molecular formula is C18H29ClN2O3. The van der Waals surface area contributed by atoms with Crippen molar-refractivity contribution in [1.29, 1.82) is 0 Å². The zero-order valence-corrected chi connectivity index (χ0v) is 15.6.